The largest absolute Gasteiger partial charge is 0.458 e. The number of aliphatic hydroxyl groups excluding tert-OH is 1. The highest BCUT2D eigenvalue weighted by atomic mass is 16.5. The molecule has 306 valence electrons. The van der Waals surface area contributed by atoms with Gasteiger partial charge in [-0.3, -0.25) is 28.8 Å². The third-order valence-corrected chi connectivity index (χ3v) is 10.0. The van der Waals surface area contributed by atoms with Crippen molar-refractivity contribution < 1.29 is 43.4 Å². The van der Waals surface area contributed by atoms with Gasteiger partial charge in [-0.05, 0) is 62.3 Å². The minimum Gasteiger partial charge on any atom is -0.458 e. The zero-order valence-corrected chi connectivity index (χ0v) is 33.8. The van der Waals surface area contributed by atoms with Crippen molar-refractivity contribution in [3.63, 3.8) is 0 Å². The molecule has 55 heavy (non-hydrogen) atoms. The third kappa shape index (κ3) is 12.2. The van der Waals surface area contributed by atoms with Crippen LogP contribution in [0.2, 0.25) is 0 Å². The fraction of sp³-hybridized carbons (Fsp3) is 0.675. The van der Waals surface area contributed by atoms with E-state index in [2.05, 4.69) is 21.3 Å². The van der Waals surface area contributed by atoms with Gasteiger partial charge in [-0.15, -0.1) is 0 Å². The zero-order chi connectivity index (χ0) is 41.1. The summed E-state index contributed by atoms with van der Waals surface area (Å²) in [5.74, 6) is -5.46. The lowest BCUT2D eigenvalue weighted by Crippen LogP contribution is -2.65. The average molecular weight is 771 g/mol. The van der Waals surface area contributed by atoms with Crippen molar-refractivity contribution in [2.24, 2.45) is 17.8 Å². The van der Waals surface area contributed by atoms with Gasteiger partial charge >= 0.3 is 5.97 Å². The molecule has 0 spiro atoms. The molecule has 0 radical (unpaired) electrons. The lowest BCUT2D eigenvalue weighted by atomic mass is 9.94. The predicted octanol–water partition coefficient (Wildman–Crippen LogP) is 1.80. The van der Waals surface area contributed by atoms with Crippen molar-refractivity contribution in [3.05, 3.63) is 35.9 Å². The number of cyclic esters (lactones) is 1. The van der Waals surface area contributed by atoms with E-state index in [1.54, 1.807) is 45.0 Å². The number of amides is 6. The lowest BCUT2D eigenvalue weighted by molar-refractivity contribution is -0.166. The van der Waals surface area contributed by atoms with Crippen LogP contribution in [0, 0.1) is 17.8 Å². The van der Waals surface area contributed by atoms with Crippen LogP contribution in [-0.2, 0) is 44.7 Å². The molecule has 0 aromatic heterocycles. The summed E-state index contributed by atoms with van der Waals surface area (Å²) in [6, 6.07) is 1.71. The molecular weight excluding hydrogens is 708 g/mol. The standard InChI is InChI=1S/C40H62N6O9/c1-10-14-31(47)43-34-25(8)55-40(54)33(24(6)7)44-36(50)29(21-26-15-12-11-13-16-26)45(9)39(53)30(20-23(4)5)46-32(48)18-17-27(38(46)52)41-35(49)28(19-22(2)3)42-37(34)51/h11-13,15-16,22-25,27-30,32-34,48H,10,14,17-21H2,1-9H3,(H,41,49)(H,42,51)(H,43,47)(H,44,50)/t25-,27+,28+,29+,30+,32-,33+,34+/m1/s1. The number of carbonyl (C=O) groups is 7. The van der Waals surface area contributed by atoms with Gasteiger partial charge in [-0.25, -0.2) is 4.79 Å². The van der Waals surface area contributed by atoms with Crippen LogP contribution >= 0.6 is 0 Å². The quantitative estimate of drug-likeness (QED) is 0.220. The van der Waals surface area contributed by atoms with Gasteiger partial charge in [-0.2, -0.15) is 0 Å². The van der Waals surface area contributed by atoms with Crippen LogP contribution in [0.15, 0.2) is 30.3 Å². The van der Waals surface area contributed by atoms with E-state index >= 15 is 0 Å². The van der Waals surface area contributed by atoms with Gasteiger partial charge < -0.3 is 40.9 Å². The highest BCUT2D eigenvalue weighted by molar-refractivity contribution is 5.97. The number of nitrogens with zero attached hydrogens (tertiary/aromatic N) is 2. The first-order valence-corrected chi connectivity index (χ1v) is 19.6. The molecular formula is C40H62N6O9. The van der Waals surface area contributed by atoms with Crippen LogP contribution in [0.3, 0.4) is 0 Å². The van der Waals surface area contributed by atoms with E-state index in [-0.39, 0.29) is 50.4 Å². The number of esters is 1. The van der Waals surface area contributed by atoms with Gasteiger partial charge in [0.25, 0.3) is 0 Å². The molecule has 2 fully saturated rings. The molecule has 0 saturated carbocycles. The van der Waals surface area contributed by atoms with Crippen LogP contribution in [0.25, 0.3) is 0 Å². The molecule has 2 aliphatic heterocycles. The number of likely N-dealkylation sites (N-methyl/N-ethyl adjacent to an activating group) is 1. The second kappa shape index (κ2) is 20.4. The topological polar surface area (TPSA) is 204 Å². The monoisotopic (exact) mass is 770 g/mol. The molecule has 0 aliphatic carbocycles. The summed E-state index contributed by atoms with van der Waals surface area (Å²) in [5.41, 5.74) is 0.725. The number of carbonyl (C=O) groups excluding carboxylic acids is 7. The van der Waals surface area contributed by atoms with Crippen LogP contribution in [0.5, 0.6) is 0 Å². The molecule has 0 unspecified atom stereocenters. The zero-order valence-electron chi connectivity index (χ0n) is 33.8. The minimum atomic E-state index is -1.41. The maximum absolute atomic E-state index is 14.6. The highest BCUT2D eigenvalue weighted by Gasteiger charge is 2.45. The van der Waals surface area contributed by atoms with Crippen molar-refractivity contribution >= 4 is 41.4 Å². The number of rotatable bonds is 10. The maximum Gasteiger partial charge on any atom is 0.329 e. The number of nitrogens with one attached hydrogen (secondary N) is 4. The van der Waals surface area contributed by atoms with Crippen molar-refractivity contribution in [2.45, 2.75) is 149 Å². The molecule has 2 saturated heterocycles. The van der Waals surface area contributed by atoms with E-state index in [0.717, 1.165) is 10.5 Å². The number of ether oxygens (including phenoxy) is 1. The number of aliphatic hydroxyl groups is 1. The van der Waals surface area contributed by atoms with Gasteiger partial charge in [0.2, 0.25) is 35.4 Å². The van der Waals surface area contributed by atoms with Gasteiger partial charge in [0.15, 0.2) is 0 Å². The average Bonchev–Trinajstić information content (AvgIpc) is 3.11. The minimum absolute atomic E-state index is 0.0516. The molecule has 1 aromatic carbocycles. The summed E-state index contributed by atoms with van der Waals surface area (Å²) < 4.78 is 5.80. The Morgan fingerprint density at radius 3 is 2.07 bits per heavy atom. The van der Waals surface area contributed by atoms with Crippen molar-refractivity contribution in [1.29, 1.82) is 0 Å². The summed E-state index contributed by atoms with van der Waals surface area (Å²) >= 11 is 0. The van der Waals surface area contributed by atoms with Crippen molar-refractivity contribution in [3.8, 4) is 0 Å². The summed E-state index contributed by atoms with van der Waals surface area (Å²) in [6.07, 6.45) is -1.54. The smallest absolute Gasteiger partial charge is 0.329 e. The Labute approximate surface area is 325 Å². The van der Waals surface area contributed by atoms with E-state index in [0.29, 0.717) is 6.42 Å². The van der Waals surface area contributed by atoms with Crippen LogP contribution in [0.4, 0.5) is 0 Å². The molecule has 15 nitrogen and oxygen atoms in total. The fourth-order valence-electron chi connectivity index (χ4n) is 6.99. The molecule has 8 atom stereocenters. The Morgan fingerprint density at radius 2 is 1.49 bits per heavy atom. The van der Waals surface area contributed by atoms with Gasteiger partial charge in [0.05, 0.1) is 0 Å². The predicted molar refractivity (Wildman–Crippen MR) is 205 cm³/mol. The molecule has 2 aliphatic rings. The molecule has 6 amide bonds. The van der Waals surface area contributed by atoms with Gasteiger partial charge in [-0.1, -0.05) is 78.8 Å². The number of fused-ring (bicyclic) bond motifs is 2. The summed E-state index contributed by atoms with van der Waals surface area (Å²) in [4.78, 5) is 100. The first-order valence-electron chi connectivity index (χ1n) is 19.6. The van der Waals surface area contributed by atoms with Crippen molar-refractivity contribution in [1.82, 2.24) is 31.1 Å². The molecule has 2 bridgehead atoms. The Hall–Kier alpha value is -4.53. The van der Waals surface area contributed by atoms with E-state index in [1.165, 1.54) is 18.9 Å². The molecule has 3 rings (SSSR count). The second-order valence-corrected chi connectivity index (χ2v) is 16.0. The Kier molecular flexibility index (Phi) is 16.6. The maximum atomic E-state index is 14.6. The third-order valence-electron chi connectivity index (χ3n) is 10.0. The van der Waals surface area contributed by atoms with E-state index < -0.39 is 95.9 Å². The number of benzene rings is 1. The van der Waals surface area contributed by atoms with Crippen LogP contribution in [0.1, 0.15) is 99.5 Å². The first-order chi connectivity index (χ1) is 25.9. The highest BCUT2D eigenvalue weighted by Crippen LogP contribution is 2.26. The summed E-state index contributed by atoms with van der Waals surface area (Å²) in [6.45, 7) is 14.1. The van der Waals surface area contributed by atoms with Gasteiger partial charge in [0, 0.05) is 19.9 Å². The Morgan fingerprint density at radius 1 is 0.855 bits per heavy atom. The van der Waals surface area contributed by atoms with E-state index in [1.807, 2.05) is 33.8 Å². The first kappa shape index (κ1) is 44.9. The fourth-order valence-corrected chi connectivity index (χ4v) is 6.99. The van der Waals surface area contributed by atoms with Crippen molar-refractivity contribution in [2.75, 3.05) is 7.05 Å². The summed E-state index contributed by atoms with van der Waals surface area (Å²) in [5, 5.41) is 22.2. The lowest BCUT2D eigenvalue weighted by Gasteiger charge is -2.43. The Bertz CT molecular complexity index is 1520. The number of hydrogen-bond donors (Lipinski definition) is 5. The SMILES string of the molecule is CCCC(=O)N[C@@H]1C(=O)N[C@@H](CC(C)C)C(=O)N[C@H]2CC[C@@H](O)N(C2=O)[C@@H](CC(C)C)C(=O)N(C)[C@@H](Cc2ccccc2)C(=O)N[C@@H](C(C)C)C(=O)O[C@@H]1C. The number of piperidine rings is 1. The number of hydrogen-bond acceptors (Lipinski definition) is 9. The van der Waals surface area contributed by atoms with Crippen LogP contribution < -0.4 is 21.3 Å². The second-order valence-electron chi connectivity index (χ2n) is 16.0. The normalized spacial score (nSPS) is 27.9. The molecule has 15 heteroatoms. The van der Waals surface area contributed by atoms with Crippen LogP contribution in [-0.4, -0.2) is 112 Å². The van der Waals surface area contributed by atoms with E-state index in [9.17, 15) is 38.7 Å². The molecule has 1 aromatic rings. The molecule has 5 N–H and O–H groups in total. The Balaban J connectivity index is 2.20. The summed E-state index contributed by atoms with van der Waals surface area (Å²) in [7, 11) is 1.45. The van der Waals surface area contributed by atoms with Gasteiger partial charge in [0.1, 0.15) is 48.6 Å². The molecule has 2 heterocycles. The van der Waals surface area contributed by atoms with E-state index in [4.69, 9.17) is 4.74 Å².